The molecule has 0 fully saturated rings. The van der Waals surface area contributed by atoms with E-state index < -0.39 is 0 Å². The summed E-state index contributed by atoms with van der Waals surface area (Å²) in [6, 6.07) is 0. The average molecular weight is 344 g/mol. The molecule has 0 aromatic carbocycles. The maximum absolute atomic E-state index is 4.57. The van der Waals surface area contributed by atoms with Gasteiger partial charge in [-0.3, -0.25) is 0 Å². The van der Waals surface area contributed by atoms with Crippen LogP contribution < -0.4 is 0 Å². The quantitative estimate of drug-likeness (QED) is 0.596. The molecule has 0 nitrogen and oxygen atoms in total. The molecule has 0 unspecified atom stereocenters. The van der Waals surface area contributed by atoms with E-state index in [0.29, 0.717) is 0 Å². The second-order valence-corrected chi connectivity index (χ2v) is 10.5. The molecule has 0 N–H and O–H groups in total. The predicted octanol–water partition coefficient (Wildman–Crippen LogP) is -0.0145. The Hall–Kier alpha value is 1.79. The van der Waals surface area contributed by atoms with E-state index in [2.05, 4.69) is 11.2 Å². The van der Waals surface area contributed by atoms with Gasteiger partial charge in [-0.15, -0.1) is 0 Å². The molecule has 6 heavy (non-hydrogen) atoms. The molecule has 0 spiro atoms. The maximum atomic E-state index is 4.57. The topological polar surface area (TPSA) is 0 Å². The summed E-state index contributed by atoms with van der Waals surface area (Å²) in [5.41, 5.74) is 0. The second-order valence-electron chi connectivity index (χ2n) is 0.272. The summed E-state index contributed by atoms with van der Waals surface area (Å²) in [6.07, 6.45) is 0. The van der Waals surface area contributed by atoms with Crippen LogP contribution in [0.2, 0.25) is 0 Å². The van der Waals surface area contributed by atoms with Crippen LogP contribution in [0.5, 0.6) is 0 Å². The van der Waals surface area contributed by atoms with Crippen LogP contribution in [0, 0.1) is 0 Å². The molecule has 0 rings (SSSR count). The third-order valence-corrected chi connectivity index (χ3v) is 10.6. The molecule has 0 aromatic heterocycles. The fraction of sp³-hybridized carbons (Fsp3) is 0. The van der Waals surface area contributed by atoms with Crippen molar-refractivity contribution < 1.29 is 18.0 Å². The van der Waals surface area contributed by atoms with Crippen LogP contribution in [-0.2, 0) is 63.3 Å². The molecule has 0 saturated heterocycles. The summed E-state index contributed by atoms with van der Waals surface area (Å²) in [4.78, 5) is 0. The van der Waals surface area contributed by atoms with Crippen LogP contribution in [0.25, 0.3) is 0 Å². The van der Waals surface area contributed by atoms with Gasteiger partial charge in [0.15, 0.2) is 0 Å². The molecule has 0 atom stereocenters. The Balaban J connectivity index is 4.68. The Morgan fingerprint density at radius 2 is 2.00 bits per heavy atom. The van der Waals surface area contributed by atoms with Crippen molar-refractivity contribution in [1.82, 2.24) is 0 Å². The van der Waals surface area contributed by atoms with Gasteiger partial charge in [0, 0.05) is 0 Å². The molecular weight excluding hydrogens is 344 g/mol. The van der Waals surface area contributed by atoms with Crippen molar-refractivity contribution in [2.45, 2.75) is 0 Å². The third kappa shape index (κ3) is 5.79. The van der Waals surface area contributed by atoms with E-state index in [0.717, 1.165) is 0 Å². The van der Waals surface area contributed by atoms with Crippen molar-refractivity contribution in [3.63, 3.8) is 0 Å². The molecule has 0 aromatic rings. The molecule has 0 saturated carbocycles. The van der Waals surface area contributed by atoms with Crippen LogP contribution in [0.4, 0.5) is 0 Å². The Morgan fingerprint density at radius 3 is 2.17 bits per heavy atom. The molecule has 0 radical (unpaired) electrons. The number of hydrogen-bond donors (Lipinski definition) is 0. The van der Waals surface area contributed by atoms with Crippen LogP contribution in [0.3, 0.4) is 0 Å². The van der Waals surface area contributed by atoms with Crippen molar-refractivity contribution >= 4 is 45.3 Å². The van der Waals surface area contributed by atoms with Crippen molar-refractivity contribution in [3.05, 3.63) is 0 Å². The molecule has 0 amide bonds. The van der Waals surface area contributed by atoms with Gasteiger partial charge in [0.25, 0.3) is 0 Å². The molecule has 0 heterocycles. The predicted molar refractivity (Wildman–Crippen MR) is 36.8 cm³/mol. The van der Waals surface area contributed by atoms with Gasteiger partial charge in [-0.05, 0) is 0 Å². The fourth-order valence-electron chi connectivity index (χ4n) is 0.0227. The number of hydrogen-bond acceptors (Lipinski definition) is 1. The van der Waals surface area contributed by atoms with Gasteiger partial charge in [-0.2, -0.15) is 0 Å². The molecular formula is S5W. The SMILES string of the molecule is S=S=S=S=[S]=[W]. The first-order valence-electron chi connectivity index (χ1n) is 0.833. The van der Waals surface area contributed by atoms with Crippen molar-refractivity contribution in [2.24, 2.45) is 0 Å². The van der Waals surface area contributed by atoms with Gasteiger partial charge in [0.1, 0.15) is 0 Å². The number of rotatable bonds is 0. The van der Waals surface area contributed by atoms with Crippen LogP contribution in [0.1, 0.15) is 0 Å². The van der Waals surface area contributed by atoms with E-state index in [4.69, 9.17) is 0 Å². The van der Waals surface area contributed by atoms with Crippen LogP contribution in [-0.4, -0.2) is 0 Å². The van der Waals surface area contributed by atoms with Gasteiger partial charge in [0.2, 0.25) is 0 Å². The van der Waals surface area contributed by atoms with E-state index in [1.807, 2.05) is 0 Å². The second kappa shape index (κ2) is 6.79. The van der Waals surface area contributed by atoms with Crippen molar-refractivity contribution in [3.8, 4) is 0 Å². The fourth-order valence-corrected chi connectivity index (χ4v) is 10.3. The molecule has 6 heteroatoms. The first-order valence-corrected chi connectivity index (χ1v) is 10.1. The summed E-state index contributed by atoms with van der Waals surface area (Å²) in [7, 11) is 6.56. The van der Waals surface area contributed by atoms with Crippen molar-refractivity contribution in [2.75, 3.05) is 0 Å². The van der Waals surface area contributed by atoms with Gasteiger partial charge in [-0.25, -0.2) is 0 Å². The van der Waals surface area contributed by atoms with E-state index in [1.165, 1.54) is 26.9 Å². The monoisotopic (exact) mass is 344 g/mol. The molecule has 0 aliphatic carbocycles. The van der Waals surface area contributed by atoms with Crippen LogP contribution >= 0.6 is 0 Å². The summed E-state index contributed by atoms with van der Waals surface area (Å²) < 4.78 is 0. The zero-order chi connectivity index (χ0) is 4.83. The van der Waals surface area contributed by atoms with E-state index in [9.17, 15) is 0 Å². The molecule has 0 aliphatic heterocycles. The molecule has 0 bridgehead atoms. The van der Waals surface area contributed by atoms with E-state index in [1.54, 1.807) is 25.3 Å². The van der Waals surface area contributed by atoms with E-state index in [-0.39, 0.29) is 0 Å². The molecule has 0 aliphatic rings. The summed E-state index contributed by atoms with van der Waals surface area (Å²) in [5, 5.41) is 0. The first kappa shape index (κ1) is 7.79. The Morgan fingerprint density at radius 1 is 1.33 bits per heavy atom. The summed E-state index contributed by atoms with van der Waals surface area (Å²) >= 11 is 6.11. The minimum absolute atomic E-state index is 1.38. The van der Waals surface area contributed by atoms with Gasteiger partial charge in [-0.1, -0.05) is 0 Å². The van der Waals surface area contributed by atoms with E-state index >= 15 is 0 Å². The zero-order valence-electron chi connectivity index (χ0n) is 2.45. The Kier molecular flexibility index (Phi) is 8.81. The van der Waals surface area contributed by atoms with Gasteiger partial charge >= 0.3 is 63.3 Å². The minimum atomic E-state index is 1.38. The van der Waals surface area contributed by atoms with Gasteiger partial charge in [0.05, 0.1) is 0 Å². The third-order valence-electron chi connectivity index (χ3n) is 0.0833. The van der Waals surface area contributed by atoms with Crippen molar-refractivity contribution in [1.29, 1.82) is 0 Å². The van der Waals surface area contributed by atoms with Gasteiger partial charge < -0.3 is 0 Å². The van der Waals surface area contributed by atoms with Crippen LogP contribution in [0.15, 0.2) is 0 Å². The zero-order valence-corrected chi connectivity index (χ0v) is 9.47. The standard InChI is InChI=1S/S5.W/c1-3-5-4-2;. The summed E-state index contributed by atoms with van der Waals surface area (Å²) in [5.74, 6) is 0. The Labute approximate surface area is 62.5 Å². The first-order chi connectivity index (χ1) is 2.91. The normalized spacial score (nSPS) is 6.00. The molecule has 36 valence electrons. The Bertz CT molecular complexity index is 136. The average Bonchev–Trinajstić information content (AvgIpc) is 1.61. The summed E-state index contributed by atoms with van der Waals surface area (Å²) in [6.45, 7) is 0.